The molecule has 0 spiro atoms. The zero-order valence-electron chi connectivity index (χ0n) is 15.2. The van der Waals surface area contributed by atoms with Crippen LogP contribution in [-0.2, 0) is 20.9 Å². The first-order valence-corrected chi connectivity index (χ1v) is 9.29. The zero-order chi connectivity index (χ0) is 20.1. The Labute approximate surface area is 164 Å². The second-order valence-electron chi connectivity index (χ2n) is 5.88. The molecular formula is C18H17N5O4S. The van der Waals surface area contributed by atoms with Crippen molar-refractivity contribution >= 4 is 34.7 Å². The van der Waals surface area contributed by atoms with Crippen molar-refractivity contribution in [3.05, 3.63) is 46.7 Å². The van der Waals surface area contributed by atoms with Crippen molar-refractivity contribution in [2.75, 3.05) is 5.32 Å². The van der Waals surface area contributed by atoms with Gasteiger partial charge in [0, 0.05) is 16.5 Å². The van der Waals surface area contributed by atoms with E-state index in [0.29, 0.717) is 17.1 Å². The third kappa shape index (κ3) is 4.65. The topological polar surface area (TPSA) is 116 Å². The van der Waals surface area contributed by atoms with Gasteiger partial charge in [-0.3, -0.25) is 9.59 Å². The highest BCUT2D eigenvalue weighted by Crippen LogP contribution is 2.17. The van der Waals surface area contributed by atoms with Gasteiger partial charge in [-0.2, -0.15) is 16.1 Å². The van der Waals surface area contributed by atoms with Crippen LogP contribution < -0.4 is 5.32 Å². The number of Topliss-reactive ketones (excluding diaryl/α,β-unsaturated/α-hetero) is 1. The number of aromatic nitrogens is 4. The normalized spacial score (nSPS) is 11.6. The number of tetrazole rings is 1. The number of nitrogens with one attached hydrogen (secondary N) is 1. The maximum atomic E-state index is 12.3. The molecule has 1 aromatic carbocycles. The zero-order valence-corrected chi connectivity index (χ0v) is 16.0. The van der Waals surface area contributed by atoms with Gasteiger partial charge in [0.1, 0.15) is 0 Å². The second-order valence-corrected chi connectivity index (χ2v) is 6.66. The first kappa shape index (κ1) is 19.4. The number of carbonyl (C=O) groups excluding carboxylic acids is 3. The van der Waals surface area contributed by atoms with Gasteiger partial charge in [0.05, 0.1) is 5.69 Å². The van der Waals surface area contributed by atoms with E-state index in [2.05, 4.69) is 20.7 Å². The van der Waals surface area contributed by atoms with Gasteiger partial charge in [-0.25, -0.2) is 4.79 Å². The highest BCUT2D eigenvalue weighted by atomic mass is 32.1. The summed E-state index contributed by atoms with van der Waals surface area (Å²) in [5.74, 6) is -1.01. The number of benzene rings is 1. The summed E-state index contributed by atoms with van der Waals surface area (Å²) in [6.07, 6.45) is -1.06. The lowest BCUT2D eigenvalue weighted by atomic mass is 10.1. The van der Waals surface area contributed by atoms with Crippen LogP contribution in [0, 0.1) is 0 Å². The fourth-order valence-corrected chi connectivity index (χ4v) is 2.99. The molecule has 0 aliphatic rings. The van der Waals surface area contributed by atoms with Crippen LogP contribution >= 0.6 is 11.3 Å². The first-order chi connectivity index (χ1) is 13.4. The molecule has 0 fully saturated rings. The number of carbonyl (C=O) groups is 3. The molecule has 0 saturated heterocycles. The van der Waals surface area contributed by atoms with Gasteiger partial charge in [0.25, 0.3) is 5.91 Å². The predicted octanol–water partition coefficient (Wildman–Crippen LogP) is 2.17. The van der Waals surface area contributed by atoms with E-state index in [-0.39, 0.29) is 12.3 Å². The summed E-state index contributed by atoms with van der Waals surface area (Å²) in [6, 6.07) is 8.45. The Morgan fingerprint density at radius 3 is 2.75 bits per heavy atom. The third-order valence-corrected chi connectivity index (χ3v) is 4.43. The van der Waals surface area contributed by atoms with Crippen LogP contribution in [0.25, 0.3) is 11.4 Å². The Morgan fingerprint density at radius 2 is 2.04 bits per heavy atom. The molecule has 144 valence electrons. The number of anilines is 1. The average molecular weight is 399 g/mol. The lowest BCUT2D eigenvalue weighted by Crippen LogP contribution is -2.32. The Bertz CT molecular complexity index is 999. The van der Waals surface area contributed by atoms with E-state index in [0.717, 1.165) is 10.4 Å². The molecule has 0 unspecified atom stereocenters. The minimum absolute atomic E-state index is 0.181. The van der Waals surface area contributed by atoms with E-state index in [1.807, 2.05) is 16.8 Å². The van der Waals surface area contributed by atoms with Crippen molar-refractivity contribution in [2.24, 2.45) is 0 Å². The van der Waals surface area contributed by atoms with Crippen LogP contribution in [0.5, 0.6) is 0 Å². The van der Waals surface area contributed by atoms with Gasteiger partial charge in [-0.15, -0.1) is 10.2 Å². The Kier molecular flexibility index (Phi) is 5.90. The summed E-state index contributed by atoms with van der Waals surface area (Å²) < 4.78 is 5.13. The average Bonchev–Trinajstić information content (AvgIpc) is 3.33. The van der Waals surface area contributed by atoms with Crippen molar-refractivity contribution in [3.8, 4) is 11.4 Å². The van der Waals surface area contributed by atoms with E-state index < -0.39 is 18.0 Å². The molecule has 10 heteroatoms. The smallest absolute Gasteiger partial charge is 0.330 e. The molecule has 0 aliphatic carbocycles. The standard InChI is InChI=1S/C18H17N5O4S/c1-11(24)14-5-3-4-6-15(14)19-18(26)12(2)27-16(25)9-23-21-17(20-22-23)13-7-8-28-10-13/h3-8,10,12H,9H2,1-2H3,(H,19,26)/t12-/m0/s1. The molecule has 28 heavy (non-hydrogen) atoms. The molecule has 0 saturated carbocycles. The fourth-order valence-electron chi connectivity index (χ4n) is 2.35. The van der Waals surface area contributed by atoms with Gasteiger partial charge >= 0.3 is 5.97 Å². The Hall–Kier alpha value is -3.40. The SMILES string of the molecule is CC(=O)c1ccccc1NC(=O)[C@H](C)OC(=O)Cn1nnc(-c2ccsc2)n1. The molecule has 1 N–H and O–H groups in total. The van der Waals surface area contributed by atoms with E-state index in [1.54, 1.807) is 24.3 Å². The molecule has 3 aromatic rings. The molecule has 2 aromatic heterocycles. The number of para-hydroxylation sites is 1. The predicted molar refractivity (Wildman–Crippen MR) is 102 cm³/mol. The van der Waals surface area contributed by atoms with Gasteiger partial charge in [0.15, 0.2) is 18.4 Å². The van der Waals surface area contributed by atoms with Crippen molar-refractivity contribution in [1.29, 1.82) is 0 Å². The van der Waals surface area contributed by atoms with Crippen molar-refractivity contribution in [2.45, 2.75) is 26.5 Å². The molecular weight excluding hydrogens is 382 g/mol. The number of rotatable bonds is 7. The number of ether oxygens (including phenoxy) is 1. The van der Waals surface area contributed by atoms with Crippen molar-refractivity contribution < 1.29 is 19.1 Å². The maximum Gasteiger partial charge on any atom is 0.330 e. The van der Waals surface area contributed by atoms with Gasteiger partial charge in [-0.05, 0) is 42.6 Å². The number of ketones is 1. The number of hydrogen-bond acceptors (Lipinski definition) is 8. The van der Waals surface area contributed by atoms with E-state index in [1.165, 1.54) is 25.2 Å². The Balaban J connectivity index is 1.57. The van der Waals surface area contributed by atoms with Crippen LogP contribution in [0.1, 0.15) is 24.2 Å². The summed E-state index contributed by atoms with van der Waals surface area (Å²) in [5.41, 5.74) is 1.55. The van der Waals surface area contributed by atoms with Crippen LogP contribution in [0.15, 0.2) is 41.1 Å². The third-order valence-electron chi connectivity index (χ3n) is 3.74. The van der Waals surface area contributed by atoms with Crippen molar-refractivity contribution in [3.63, 3.8) is 0 Å². The van der Waals surface area contributed by atoms with E-state index in [4.69, 9.17) is 4.74 Å². The summed E-state index contributed by atoms with van der Waals surface area (Å²) >= 11 is 1.50. The van der Waals surface area contributed by atoms with E-state index in [9.17, 15) is 14.4 Å². The van der Waals surface area contributed by atoms with Gasteiger partial charge in [-0.1, -0.05) is 12.1 Å². The highest BCUT2D eigenvalue weighted by molar-refractivity contribution is 7.08. The van der Waals surface area contributed by atoms with Crippen molar-refractivity contribution in [1.82, 2.24) is 20.2 Å². The van der Waals surface area contributed by atoms with Crippen LogP contribution in [0.2, 0.25) is 0 Å². The summed E-state index contributed by atoms with van der Waals surface area (Å²) in [6.45, 7) is 2.57. The lowest BCUT2D eigenvalue weighted by Gasteiger charge is -2.14. The van der Waals surface area contributed by atoms with Crippen LogP contribution in [-0.4, -0.2) is 44.0 Å². The number of esters is 1. The fraction of sp³-hybridized carbons (Fsp3) is 0.222. The monoisotopic (exact) mass is 399 g/mol. The molecule has 1 amide bonds. The molecule has 0 aliphatic heterocycles. The summed E-state index contributed by atoms with van der Waals surface area (Å²) in [7, 11) is 0. The van der Waals surface area contributed by atoms with Crippen LogP contribution in [0.4, 0.5) is 5.69 Å². The molecule has 0 radical (unpaired) electrons. The van der Waals surface area contributed by atoms with E-state index >= 15 is 0 Å². The number of amides is 1. The molecule has 2 heterocycles. The van der Waals surface area contributed by atoms with Gasteiger partial charge in [0.2, 0.25) is 5.82 Å². The minimum atomic E-state index is -1.06. The highest BCUT2D eigenvalue weighted by Gasteiger charge is 2.20. The first-order valence-electron chi connectivity index (χ1n) is 8.34. The molecule has 9 nitrogen and oxygen atoms in total. The number of nitrogens with zero attached hydrogens (tertiary/aromatic N) is 4. The minimum Gasteiger partial charge on any atom is -0.451 e. The molecule has 1 atom stereocenters. The second kappa shape index (κ2) is 8.53. The molecule has 3 rings (SSSR count). The van der Waals surface area contributed by atoms with Gasteiger partial charge < -0.3 is 10.1 Å². The maximum absolute atomic E-state index is 12.3. The molecule has 0 bridgehead atoms. The number of thiophene rings is 1. The Morgan fingerprint density at radius 1 is 1.25 bits per heavy atom. The summed E-state index contributed by atoms with van der Waals surface area (Å²) in [5, 5.41) is 18.1. The lowest BCUT2D eigenvalue weighted by molar-refractivity contribution is -0.154. The van der Waals surface area contributed by atoms with Crippen LogP contribution in [0.3, 0.4) is 0 Å². The summed E-state index contributed by atoms with van der Waals surface area (Å²) in [4.78, 5) is 37.1. The number of hydrogen-bond donors (Lipinski definition) is 1. The largest absolute Gasteiger partial charge is 0.451 e. The quantitative estimate of drug-likeness (QED) is 0.478.